The third-order valence-electron chi connectivity index (χ3n) is 3.26. The number of nitrogens with zero attached hydrogens (tertiary/aromatic N) is 3. The van der Waals surface area contributed by atoms with Crippen molar-refractivity contribution in [2.24, 2.45) is 0 Å². The molecule has 0 aliphatic rings. The summed E-state index contributed by atoms with van der Waals surface area (Å²) < 4.78 is 3.33. The first-order chi connectivity index (χ1) is 9.72. The minimum atomic E-state index is 0.255. The van der Waals surface area contributed by atoms with E-state index in [1.807, 2.05) is 24.8 Å². The smallest absolute Gasteiger partial charge is 0.111 e. The Bertz CT molecular complexity index is 641. The number of hydrogen-bond donors (Lipinski definition) is 1. The highest BCUT2D eigenvalue weighted by molar-refractivity contribution is 7.18. The second-order valence-electron chi connectivity index (χ2n) is 5.07. The molecule has 2 atom stereocenters. The minimum Gasteiger partial charge on any atom is -0.336 e. The van der Waals surface area contributed by atoms with E-state index in [-0.39, 0.29) is 6.04 Å². The number of nitrogens with one attached hydrogen (secondary N) is 1. The Labute approximate surface area is 122 Å². The highest BCUT2D eigenvalue weighted by atomic mass is 32.1. The lowest BCUT2D eigenvalue weighted by Gasteiger charge is -2.18. The highest BCUT2D eigenvalue weighted by Crippen LogP contribution is 2.26. The molecule has 3 aromatic rings. The van der Waals surface area contributed by atoms with Gasteiger partial charge in [0, 0.05) is 25.0 Å². The van der Waals surface area contributed by atoms with E-state index >= 15 is 0 Å². The summed E-state index contributed by atoms with van der Waals surface area (Å²) in [4.78, 5) is 8.77. The number of imidazole rings is 1. The van der Waals surface area contributed by atoms with Gasteiger partial charge in [0.1, 0.15) is 5.01 Å². The second-order valence-corrected chi connectivity index (χ2v) is 6.13. The van der Waals surface area contributed by atoms with Crippen molar-refractivity contribution in [1.29, 1.82) is 0 Å². The van der Waals surface area contributed by atoms with Gasteiger partial charge >= 0.3 is 0 Å². The van der Waals surface area contributed by atoms with E-state index in [0.717, 1.165) is 17.1 Å². The summed E-state index contributed by atoms with van der Waals surface area (Å²) >= 11 is 1.76. The molecule has 0 fully saturated rings. The molecular weight excluding hydrogens is 268 g/mol. The predicted octanol–water partition coefficient (Wildman–Crippen LogP) is 3.23. The van der Waals surface area contributed by atoms with E-state index in [4.69, 9.17) is 4.98 Å². The summed E-state index contributed by atoms with van der Waals surface area (Å²) in [6, 6.07) is 8.90. The van der Waals surface area contributed by atoms with E-state index in [1.165, 1.54) is 4.70 Å². The Morgan fingerprint density at radius 2 is 2.15 bits per heavy atom. The Morgan fingerprint density at radius 3 is 2.90 bits per heavy atom. The summed E-state index contributed by atoms with van der Waals surface area (Å²) in [6.45, 7) is 5.27. The van der Waals surface area contributed by atoms with Gasteiger partial charge in [-0.15, -0.1) is 11.3 Å². The fraction of sp³-hybridized carbons (Fsp3) is 0.333. The quantitative estimate of drug-likeness (QED) is 0.783. The summed E-state index contributed by atoms with van der Waals surface area (Å²) in [7, 11) is 0. The first-order valence-corrected chi connectivity index (χ1v) is 7.61. The molecule has 0 radical (unpaired) electrons. The van der Waals surface area contributed by atoms with Crippen LogP contribution in [0, 0.1) is 0 Å². The molecular formula is C15H18N4S. The van der Waals surface area contributed by atoms with Crippen molar-refractivity contribution in [1.82, 2.24) is 19.9 Å². The van der Waals surface area contributed by atoms with Crippen molar-refractivity contribution in [2.45, 2.75) is 32.5 Å². The van der Waals surface area contributed by atoms with E-state index in [9.17, 15) is 0 Å². The molecule has 0 amide bonds. The maximum absolute atomic E-state index is 4.70. The normalized spacial score (nSPS) is 14.5. The Kier molecular flexibility index (Phi) is 3.80. The molecule has 0 spiro atoms. The van der Waals surface area contributed by atoms with Gasteiger partial charge in [-0.3, -0.25) is 0 Å². The van der Waals surface area contributed by atoms with Crippen LogP contribution in [0.2, 0.25) is 0 Å². The Hall–Kier alpha value is -1.72. The highest BCUT2D eigenvalue weighted by Gasteiger charge is 2.14. The SMILES string of the molecule is CC(Cn1ccnc1)NC(C)c1nc2ccccc2s1. The van der Waals surface area contributed by atoms with Gasteiger partial charge < -0.3 is 9.88 Å². The van der Waals surface area contributed by atoms with E-state index < -0.39 is 0 Å². The zero-order chi connectivity index (χ0) is 13.9. The summed E-state index contributed by atoms with van der Waals surface area (Å²) in [6.07, 6.45) is 5.64. The van der Waals surface area contributed by atoms with Crippen molar-refractivity contribution < 1.29 is 0 Å². The minimum absolute atomic E-state index is 0.255. The summed E-state index contributed by atoms with van der Waals surface area (Å²) in [5.74, 6) is 0. The van der Waals surface area contributed by atoms with Crippen molar-refractivity contribution in [3.63, 3.8) is 0 Å². The van der Waals surface area contributed by atoms with E-state index in [1.54, 1.807) is 11.3 Å². The largest absolute Gasteiger partial charge is 0.336 e. The van der Waals surface area contributed by atoms with Gasteiger partial charge in [-0.2, -0.15) is 0 Å². The van der Waals surface area contributed by atoms with Crippen molar-refractivity contribution in [3.8, 4) is 0 Å². The zero-order valence-electron chi connectivity index (χ0n) is 11.7. The number of rotatable bonds is 5. The average Bonchev–Trinajstić information content (AvgIpc) is 3.06. The third kappa shape index (κ3) is 2.89. The van der Waals surface area contributed by atoms with Gasteiger partial charge in [0.2, 0.25) is 0 Å². The van der Waals surface area contributed by atoms with Gasteiger partial charge in [-0.05, 0) is 26.0 Å². The molecule has 2 aromatic heterocycles. The fourth-order valence-electron chi connectivity index (χ4n) is 2.34. The molecule has 1 N–H and O–H groups in total. The lowest BCUT2D eigenvalue weighted by molar-refractivity contribution is 0.430. The molecule has 5 heteroatoms. The first-order valence-electron chi connectivity index (χ1n) is 6.79. The summed E-state index contributed by atoms with van der Waals surface area (Å²) in [5, 5.41) is 4.74. The molecule has 1 aromatic carbocycles. The number of thiazole rings is 1. The number of fused-ring (bicyclic) bond motifs is 1. The Morgan fingerprint density at radius 1 is 1.30 bits per heavy atom. The molecule has 4 nitrogen and oxygen atoms in total. The first kappa shape index (κ1) is 13.3. The third-order valence-corrected chi connectivity index (χ3v) is 4.48. The van der Waals surface area contributed by atoms with Crippen LogP contribution >= 0.6 is 11.3 Å². The van der Waals surface area contributed by atoms with E-state index in [2.05, 4.69) is 46.9 Å². The van der Waals surface area contributed by atoms with Gasteiger partial charge in [-0.25, -0.2) is 9.97 Å². The molecule has 2 heterocycles. The molecule has 0 saturated carbocycles. The molecule has 0 aliphatic heterocycles. The molecule has 0 saturated heterocycles. The van der Waals surface area contributed by atoms with Crippen LogP contribution in [0.4, 0.5) is 0 Å². The number of aromatic nitrogens is 3. The molecule has 2 unspecified atom stereocenters. The van der Waals surface area contributed by atoms with Gasteiger partial charge in [0.05, 0.1) is 22.6 Å². The molecule has 0 bridgehead atoms. The van der Waals surface area contributed by atoms with Crippen LogP contribution in [0.15, 0.2) is 43.0 Å². The number of benzene rings is 1. The predicted molar refractivity (Wildman–Crippen MR) is 82.9 cm³/mol. The lowest BCUT2D eigenvalue weighted by atomic mass is 10.2. The molecule has 104 valence electrons. The number of para-hydroxylation sites is 1. The van der Waals surface area contributed by atoms with Crippen LogP contribution in [0.25, 0.3) is 10.2 Å². The fourth-order valence-corrected chi connectivity index (χ4v) is 3.32. The Balaban J connectivity index is 1.67. The number of hydrogen-bond acceptors (Lipinski definition) is 4. The van der Waals surface area contributed by atoms with Crippen molar-refractivity contribution in [2.75, 3.05) is 0 Å². The molecule has 0 aliphatic carbocycles. The zero-order valence-corrected chi connectivity index (χ0v) is 12.5. The van der Waals surface area contributed by atoms with Gasteiger partial charge in [-0.1, -0.05) is 12.1 Å². The van der Waals surface area contributed by atoms with Crippen LogP contribution < -0.4 is 5.32 Å². The molecule has 3 rings (SSSR count). The summed E-state index contributed by atoms with van der Waals surface area (Å²) in [5.41, 5.74) is 1.09. The topological polar surface area (TPSA) is 42.7 Å². The van der Waals surface area contributed by atoms with Crippen LogP contribution in [-0.4, -0.2) is 20.6 Å². The van der Waals surface area contributed by atoms with Crippen LogP contribution in [-0.2, 0) is 6.54 Å². The van der Waals surface area contributed by atoms with Crippen LogP contribution in [0.3, 0.4) is 0 Å². The lowest BCUT2D eigenvalue weighted by Crippen LogP contribution is -2.32. The second kappa shape index (κ2) is 5.73. The van der Waals surface area contributed by atoms with Crippen LogP contribution in [0.1, 0.15) is 24.9 Å². The monoisotopic (exact) mass is 286 g/mol. The van der Waals surface area contributed by atoms with Gasteiger partial charge in [0.15, 0.2) is 0 Å². The maximum atomic E-state index is 4.70. The average molecular weight is 286 g/mol. The standard InChI is InChI=1S/C15H18N4S/c1-11(9-19-8-7-16-10-19)17-12(2)15-18-13-5-3-4-6-14(13)20-15/h3-8,10-12,17H,9H2,1-2H3. The van der Waals surface area contributed by atoms with E-state index in [0.29, 0.717) is 6.04 Å². The van der Waals surface area contributed by atoms with Crippen molar-refractivity contribution >= 4 is 21.6 Å². The van der Waals surface area contributed by atoms with Crippen LogP contribution in [0.5, 0.6) is 0 Å². The van der Waals surface area contributed by atoms with Crippen molar-refractivity contribution in [3.05, 3.63) is 48.0 Å². The molecule has 20 heavy (non-hydrogen) atoms. The van der Waals surface area contributed by atoms with Gasteiger partial charge in [0.25, 0.3) is 0 Å². The maximum Gasteiger partial charge on any atom is 0.111 e.